The fraction of sp³-hybridized carbons (Fsp3) is 0.333. The first-order chi connectivity index (χ1) is 7.76. The van der Waals surface area contributed by atoms with Crippen molar-refractivity contribution in [2.24, 2.45) is 0 Å². The molecule has 0 spiro atoms. The number of nitriles is 2. The van der Waals surface area contributed by atoms with Crippen molar-refractivity contribution in [2.75, 3.05) is 25.4 Å². The largest absolute Gasteiger partial charge is 0.399 e. The van der Waals surface area contributed by atoms with Crippen LogP contribution in [0.5, 0.6) is 0 Å². The lowest BCUT2D eigenvalue weighted by molar-refractivity contribution is 0.347. The van der Waals surface area contributed by atoms with Gasteiger partial charge in [-0.05, 0) is 24.1 Å². The molecule has 0 saturated heterocycles. The van der Waals surface area contributed by atoms with Crippen LogP contribution in [0, 0.1) is 22.7 Å². The molecule has 1 aromatic rings. The van der Waals surface area contributed by atoms with Crippen molar-refractivity contribution in [3.8, 4) is 12.1 Å². The lowest BCUT2D eigenvalue weighted by Gasteiger charge is -2.14. The first-order valence-electron chi connectivity index (χ1n) is 5.07. The van der Waals surface area contributed by atoms with Crippen LogP contribution in [0.4, 0.5) is 5.69 Å². The minimum atomic E-state index is 0.294. The van der Waals surface area contributed by atoms with E-state index in [1.165, 1.54) is 0 Å². The summed E-state index contributed by atoms with van der Waals surface area (Å²) in [5, 5.41) is 17.2. The molecule has 1 aromatic carbocycles. The highest BCUT2D eigenvalue weighted by Crippen LogP contribution is 2.06. The van der Waals surface area contributed by atoms with Crippen LogP contribution in [-0.4, -0.2) is 24.5 Å². The Kier molecular flexibility index (Phi) is 4.85. The molecule has 82 valence electrons. The van der Waals surface area contributed by atoms with Gasteiger partial charge in [-0.15, -0.1) is 0 Å². The highest BCUT2D eigenvalue weighted by molar-refractivity contribution is 5.39. The van der Waals surface area contributed by atoms with Gasteiger partial charge in [0.25, 0.3) is 0 Å². The van der Waals surface area contributed by atoms with Gasteiger partial charge in [0.15, 0.2) is 0 Å². The Bertz CT molecular complexity index is 381. The van der Waals surface area contributed by atoms with Crippen LogP contribution in [0.15, 0.2) is 24.3 Å². The van der Waals surface area contributed by atoms with E-state index in [0.29, 0.717) is 19.6 Å². The van der Waals surface area contributed by atoms with Crippen LogP contribution < -0.4 is 5.73 Å². The second-order valence-electron chi connectivity index (χ2n) is 3.52. The molecule has 0 saturated carbocycles. The second-order valence-corrected chi connectivity index (χ2v) is 3.52. The molecule has 4 nitrogen and oxygen atoms in total. The van der Waals surface area contributed by atoms with E-state index in [0.717, 1.165) is 17.7 Å². The van der Waals surface area contributed by atoms with E-state index >= 15 is 0 Å². The lowest BCUT2D eigenvalue weighted by atomic mass is 10.1. The van der Waals surface area contributed by atoms with Gasteiger partial charge in [-0.25, -0.2) is 0 Å². The van der Waals surface area contributed by atoms with Gasteiger partial charge in [0, 0.05) is 12.2 Å². The van der Waals surface area contributed by atoms with E-state index in [1.54, 1.807) is 0 Å². The fourth-order valence-electron chi connectivity index (χ4n) is 1.39. The number of hydrogen-bond donors (Lipinski definition) is 1. The highest BCUT2D eigenvalue weighted by Gasteiger charge is 2.03. The van der Waals surface area contributed by atoms with E-state index in [-0.39, 0.29) is 0 Å². The zero-order chi connectivity index (χ0) is 11.8. The van der Waals surface area contributed by atoms with Gasteiger partial charge < -0.3 is 5.73 Å². The van der Waals surface area contributed by atoms with Crippen molar-refractivity contribution in [1.82, 2.24) is 4.90 Å². The molecule has 0 aliphatic carbocycles. The van der Waals surface area contributed by atoms with Crippen LogP contribution in [0.1, 0.15) is 5.56 Å². The van der Waals surface area contributed by atoms with Crippen molar-refractivity contribution >= 4 is 5.69 Å². The standard InChI is InChI=1S/C12H14N4/c13-6-9-16(10-7-14)8-5-11-1-3-12(15)4-2-11/h1-4H,5,8-10,15H2. The van der Waals surface area contributed by atoms with Crippen LogP contribution in [0.2, 0.25) is 0 Å². The molecular weight excluding hydrogens is 200 g/mol. The Morgan fingerprint density at radius 3 is 2.12 bits per heavy atom. The summed E-state index contributed by atoms with van der Waals surface area (Å²) in [6.45, 7) is 1.30. The molecule has 0 unspecified atom stereocenters. The van der Waals surface area contributed by atoms with Gasteiger partial charge >= 0.3 is 0 Å². The predicted octanol–water partition coefficient (Wildman–Crippen LogP) is 1.16. The smallest absolute Gasteiger partial charge is 0.0874 e. The zero-order valence-electron chi connectivity index (χ0n) is 9.06. The summed E-state index contributed by atoms with van der Waals surface area (Å²) in [6, 6.07) is 11.7. The van der Waals surface area contributed by atoms with E-state index in [9.17, 15) is 0 Å². The number of nitrogens with zero attached hydrogens (tertiary/aromatic N) is 3. The van der Waals surface area contributed by atoms with Gasteiger partial charge in [-0.3, -0.25) is 4.90 Å². The molecule has 2 N–H and O–H groups in total. The summed E-state index contributed by atoms with van der Waals surface area (Å²) in [4.78, 5) is 1.82. The van der Waals surface area contributed by atoms with Crippen LogP contribution in [-0.2, 0) is 6.42 Å². The monoisotopic (exact) mass is 214 g/mol. The Hall–Kier alpha value is -2.04. The summed E-state index contributed by atoms with van der Waals surface area (Å²) < 4.78 is 0. The maximum absolute atomic E-state index is 8.58. The third-order valence-corrected chi connectivity index (χ3v) is 2.29. The number of nitrogen functional groups attached to an aromatic ring is 1. The van der Waals surface area contributed by atoms with E-state index < -0.39 is 0 Å². The van der Waals surface area contributed by atoms with Crippen molar-refractivity contribution < 1.29 is 0 Å². The van der Waals surface area contributed by atoms with Crippen molar-refractivity contribution in [3.63, 3.8) is 0 Å². The average Bonchev–Trinajstić information content (AvgIpc) is 2.29. The topological polar surface area (TPSA) is 76.8 Å². The molecule has 0 aromatic heterocycles. The van der Waals surface area contributed by atoms with Crippen molar-refractivity contribution in [2.45, 2.75) is 6.42 Å². The van der Waals surface area contributed by atoms with Gasteiger partial charge in [-0.2, -0.15) is 10.5 Å². The van der Waals surface area contributed by atoms with E-state index in [4.69, 9.17) is 16.3 Å². The van der Waals surface area contributed by atoms with Gasteiger partial charge in [0.1, 0.15) is 0 Å². The Balaban J connectivity index is 2.46. The zero-order valence-corrected chi connectivity index (χ0v) is 9.06. The number of benzene rings is 1. The Morgan fingerprint density at radius 2 is 1.62 bits per heavy atom. The molecule has 0 atom stereocenters. The molecule has 1 rings (SSSR count). The van der Waals surface area contributed by atoms with Gasteiger partial charge in [0.2, 0.25) is 0 Å². The van der Waals surface area contributed by atoms with Crippen LogP contribution in [0.3, 0.4) is 0 Å². The second kappa shape index (κ2) is 6.44. The van der Waals surface area contributed by atoms with Gasteiger partial charge in [0.05, 0.1) is 25.2 Å². The minimum absolute atomic E-state index is 0.294. The molecule has 0 heterocycles. The molecule has 16 heavy (non-hydrogen) atoms. The van der Waals surface area contributed by atoms with Crippen LogP contribution >= 0.6 is 0 Å². The highest BCUT2D eigenvalue weighted by atomic mass is 15.1. The molecule has 0 radical (unpaired) electrons. The van der Waals surface area contributed by atoms with Crippen LogP contribution in [0.25, 0.3) is 0 Å². The fourth-order valence-corrected chi connectivity index (χ4v) is 1.39. The summed E-state index contributed by atoms with van der Waals surface area (Å²) in [7, 11) is 0. The van der Waals surface area contributed by atoms with Gasteiger partial charge in [-0.1, -0.05) is 12.1 Å². The lowest BCUT2D eigenvalue weighted by Crippen LogP contribution is -2.26. The predicted molar refractivity (Wildman–Crippen MR) is 62.2 cm³/mol. The van der Waals surface area contributed by atoms with Crippen molar-refractivity contribution in [3.05, 3.63) is 29.8 Å². The molecule has 0 bridgehead atoms. The van der Waals surface area contributed by atoms with Crippen molar-refractivity contribution in [1.29, 1.82) is 10.5 Å². The van der Waals surface area contributed by atoms with E-state index in [1.807, 2.05) is 29.2 Å². The molecular formula is C12H14N4. The third kappa shape index (κ3) is 4.00. The molecule has 0 aliphatic rings. The number of nitrogens with two attached hydrogens (primary N) is 1. The maximum Gasteiger partial charge on any atom is 0.0874 e. The number of rotatable bonds is 5. The quantitative estimate of drug-likeness (QED) is 0.589. The molecule has 0 aliphatic heterocycles. The third-order valence-electron chi connectivity index (χ3n) is 2.29. The Labute approximate surface area is 95.5 Å². The molecule has 4 heteroatoms. The van der Waals surface area contributed by atoms with E-state index in [2.05, 4.69) is 12.1 Å². The number of hydrogen-bond acceptors (Lipinski definition) is 4. The first kappa shape index (κ1) is 12.0. The number of anilines is 1. The minimum Gasteiger partial charge on any atom is -0.399 e. The maximum atomic E-state index is 8.58. The average molecular weight is 214 g/mol. The first-order valence-corrected chi connectivity index (χ1v) is 5.07. The summed E-state index contributed by atoms with van der Waals surface area (Å²) in [5.41, 5.74) is 7.49. The summed E-state index contributed by atoms with van der Waals surface area (Å²) in [5.74, 6) is 0. The normalized spacial score (nSPS) is 9.69. The molecule has 0 fully saturated rings. The molecule has 0 amide bonds. The summed E-state index contributed by atoms with van der Waals surface area (Å²) in [6.07, 6.45) is 0.823. The SMILES string of the molecule is N#CCN(CC#N)CCc1ccc(N)cc1. The summed E-state index contributed by atoms with van der Waals surface area (Å²) >= 11 is 0. The Morgan fingerprint density at radius 1 is 1.06 bits per heavy atom.